The highest BCUT2D eigenvalue weighted by Gasteiger charge is 2.34. The fourth-order valence-corrected chi connectivity index (χ4v) is 7.71. The lowest BCUT2D eigenvalue weighted by Crippen LogP contribution is -2.30. The predicted molar refractivity (Wildman–Crippen MR) is 234 cm³/mol. The van der Waals surface area contributed by atoms with Crippen LogP contribution < -0.4 is 4.57 Å². The zero-order chi connectivity index (χ0) is 45.1. The van der Waals surface area contributed by atoms with E-state index in [9.17, 15) is 2.74 Å². The van der Waals surface area contributed by atoms with Crippen molar-refractivity contribution in [2.75, 3.05) is 0 Å². The van der Waals surface area contributed by atoms with E-state index in [4.69, 9.17) is 23.5 Å². The molecule has 8 aromatic rings. The normalized spacial score (nSPS) is 14.5. The molecular weight excluding hydrogens is 701 g/mol. The summed E-state index contributed by atoms with van der Waals surface area (Å²) < 4.78 is 54.4. The molecule has 0 bridgehead atoms. The molecule has 0 fully saturated rings. The van der Waals surface area contributed by atoms with Crippen LogP contribution in [0.2, 0.25) is 0 Å². The minimum absolute atomic E-state index is 0.0311. The van der Waals surface area contributed by atoms with Gasteiger partial charge in [-0.1, -0.05) is 118 Å². The van der Waals surface area contributed by atoms with Crippen molar-refractivity contribution in [3.05, 3.63) is 119 Å². The molecule has 0 unspecified atom stereocenters. The van der Waals surface area contributed by atoms with Gasteiger partial charge in [-0.3, -0.25) is 0 Å². The number of hydrogen-bond acceptors (Lipinski definition) is 5. The Morgan fingerprint density at radius 3 is 1.89 bits per heavy atom. The van der Waals surface area contributed by atoms with Gasteiger partial charge in [-0.05, 0) is 78.7 Å². The van der Waals surface area contributed by atoms with E-state index in [-0.39, 0.29) is 22.2 Å². The number of imidazole rings is 1. The summed E-state index contributed by atoms with van der Waals surface area (Å²) in [5.74, 6) is 0.682. The highest BCUT2D eigenvalue weighted by Crippen LogP contribution is 2.43. The highest BCUT2D eigenvalue weighted by molar-refractivity contribution is 6.09. The van der Waals surface area contributed by atoms with Crippen LogP contribution in [-0.2, 0) is 17.9 Å². The Kier molecular flexibility index (Phi) is 7.82. The number of hydrogen-bond donors (Lipinski definition) is 0. The molecule has 0 amide bonds. The summed E-state index contributed by atoms with van der Waals surface area (Å²) >= 11 is 0. The topological polar surface area (TPSA) is 73.5 Å². The number of aromatic nitrogens is 6. The maximum atomic E-state index is 9.74. The van der Waals surface area contributed by atoms with E-state index in [0.717, 1.165) is 83.9 Å². The van der Waals surface area contributed by atoms with Gasteiger partial charge in [-0.2, -0.15) is 4.57 Å². The van der Waals surface area contributed by atoms with Crippen molar-refractivity contribution < 1.29 is 15.8 Å². The lowest BCUT2D eigenvalue weighted by molar-refractivity contribution is -0.633. The van der Waals surface area contributed by atoms with Crippen LogP contribution in [-0.4, -0.2) is 24.5 Å². The largest absolute Gasteiger partial charge is 0.437 e. The molecule has 0 aliphatic carbocycles. The van der Waals surface area contributed by atoms with Crippen LogP contribution in [0.1, 0.15) is 122 Å². The van der Waals surface area contributed by atoms with Crippen molar-refractivity contribution in [1.29, 1.82) is 0 Å². The average Bonchev–Trinajstić information content (AvgIpc) is 3.69. The first-order chi connectivity index (χ1) is 28.7. The molecule has 290 valence electrons. The zero-order valence-corrected chi connectivity index (χ0v) is 35.2. The number of pyridine rings is 1. The molecule has 0 spiro atoms. The van der Waals surface area contributed by atoms with E-state index in [1.54, 1.807) is 12.1 Å². The van der Waals surface area contributed by atoms with Crippen LogP contribution in [0.4, 0.5) is 0 Å². The van der Waals surface area contributed by atoms with Crippen LogP contribution in [0.3, 0.4) is 0 Å². The van der Waals surface area contributed by atoms with Crippen molar-refractivity contribution in [3.63, 3.8) is 0 Å². The molecular formula is C50H55N6O+. The number of aryl methyl sites for hydroxylation is 3. The van der Waals surface area contributed by atoms with Gasteiger partial charge in [0.15, 0.2) is 22.4 Å². The molecule has 0 radical (unpaired) electrons. The van der Waals surface area contributed by atoms with Crippen LogP contribution in [0, 0.1) is 13.8 Å². The zero-order valence-electron chi connectivity index (χ0n) is 40.2. The number of rotatable bonds is 6. The van der Waals surface area contributed by atoms with Gasteiger partial charge in [0.1, 0.15) is 22.9 Å². The molecule has 0 N–H and O–H groups in total. The first-order valence-electron chi connectivity index (χ1n) is 22.1. The Balaban J connectivity index is 1.39. The Morgan fingerprint density at radius 2 is 1.30 bits per heavy atom. The van der Waals surface area contributed by atoms with E-state index in [2.05, 4.69) is 98.1 Å². The first kappa shape index (κ1) is 32.4. The fourth-order valence-electron chi connectivity index (χ4n) is 7.71. The molecule has 8 rings (SSSR count). The average molecular weight is 761 g/mol. The SMILES string of the molecule is [2H]C([2H])([2H])c1ccc2c(n1)oc1c(-c3n(-c4c(C([2H])(C)C)cc(-c5ccc(-c6nc(C(C)(C)C)nc(C(C)(C)C)n6)cc5)cc4C([2H])(C)C)c4ccccc4[n+]3C)c(C)ccc12. The van der Waals surface area contributed by atoms with Gasteiger partial charge >= 0.3 is 0 Å². The third kappa shape index (κ3) is 6.61. The molecule has 0 aliphatic heterocycles. The minimum atomic E-state index is -2.39. The summed E-state index contributed by atoms with van der Waals surface area (Å²) in [5, 5.41) is 1.53. The summed E-state index contributed by atoms with van der Waals surface area (Å²) in [7, 11) is 2.02. The van der Waals surface area contributed by atoms with Gasteiger partial charge in [-0.25, -0.2) is 24.5 Å². The van der Waals surface area contributed by atoms with Gasteiger partial charge < -0.3 is 4.42 Å². The second-order valence-electron chi connectivity index (χ2n) is 17.8. The maximum Gasteiger partial charge on any atom is 0.299 e. The minimum Gasteiger partial charge on any atom is -0.437 e. The summed E-state index contributed by atoms with van der Waals surface area (Å²) in [6.45, 7) is 19.9. The third-order valence-corrected chi connectivity index (χ3v) is 10.8. The van der Waals surface area contributed by atoms with E-state index in [0.29, 0.717) is 11.4 Å². The van der Waals surface area contributed by atoms with Gasteiger partial charge in [0, 0.05) is 50.8 Å². The second kappa shape index (κ2) is 13.8. The van der Waals surface area contributed by atoms with Crippen LogP contribution >= 0.6 is 0 Å². The second-order valence-corrected chi connectivity index (χ2v) is 17.8. The van der Waals surface area contributed by atoms with E-state index >= 15 is 0 Å². The summed E-state index contributed by atoms with van der Waals surface area (Å²) in [6.07, 6.45) is 0. The lowest BCUT2D eigenvalue weighted by Gasteiger charge is -2.23. The Hall–Kier alpha value is -5.69. The molecule has 4 aromatic carbocycles. The molecule has 0 aliphatic rings. The molecule has 0 saturated carbocycles. The van der Waals surface area contributed by atoms with E-state index in [1.807, 2.05) is 72.0 Å². The van der Waals surface area contributed by atoms with Crippen molar-refractivity contribution in [2.24, 2.45) is 7.05 Å². The smallest absolute Gasteiger partial charge is 0.299 e. The van der Waals surface area contributed by atoms with Crippen molar-refractivity contribution in [1.82, 2.24) is 24.5 Å². The van der Waals surface area contributed by atoms with Crippen LogP contribution in [0.15, 0.2) is 89.3 Å². The van der Waals surface area contributed by atoms with Gasteiger partial charge in [0.05, 0.1) is 7.05 Å². The van der Waals surface area contributed by atoms with E-state index < -0.39 is 18.6 Å². The third-order valence-electron chi connectivity index (χ3n) is 10.8. The number of furan rings is 1. The van der Waals surface area contributed by atoms with Crippen molar-refractivity contribution >= 4 is 33.1 Å². The first-order valence-corrected chi connectivity index (χ1v) is 19.6. The van der Waals surface area contributed by atoms with Gasteiger partial charge in [0.25, 0.3) is 5.82 Å². The molecule has 57 heavy (non-hydrogen) atoms. The number of nitrogens with zero attached hydrogens (tertiary/aromatic N) is 6. The Bertz CT molecular complexity index is 2990. The van der Waals surface area contributed by atoms with Gasteiger partial charge in [0.2, 0.25) is 5.71 Å². The quantitative estimate of drug-likeness (QED) is 0.158. The molecule has 0 saturated heterocycles. The Morgan fingerprint density at radius 1 is 0.702 bits per heavy atom. The number of fused-ring (bicyclic) bond motifs is 4. The highest BCUT2D eigenvalue weighted by atomic mass is 16.3. The van der Waals surface area contributed by atoms with Crippen LogP contribution in [0.5, 0.6) is 0 Å². The number of para-hydroxylation sites is 2. The van der Waals surface area contributed by atoms with Gasteiger partial charge in [-0.15, -0.1) is 0 Å². The standard InChI is InChI=1S/C50H55N6O/c1-28(2)37-26-34(32-20-22-33(23-21-32)44-52-47(49(7,8)9)54-48(53-44)50(10,11)12)27-38(29(3)4)42(37)56-40-17-15-14-16-39(40)55(13)46(56)41-30(5)18-24-35-36-25-19-31(6)51-45(36)57-43(35)41/h14-29H,1-13H3/q+1/i6D3,28D,29D. The summed E-state index contributed by atoms with van der Waals surface area (Å²) in [5.41, 5.74) is 8.81. The molecule has 7 nitrogen and oxygen atoms in total. The predicted octanol–water partition coefficient (Wildman–Crippen LogP) is 12.4. The van der Waals surface area contributed by atoms with Crippen LogP contribution in [0.25, 0.3) is 72.7 Å². The molecule has 7 heteroatoms. The number of benzene rings is 4. The summed E-state index contributed by atoms with van der Waals surface area (Å²) in [4.78, 5) is 19.2. The lowest BCUT2D eigenvalue weighted by atomic mass is 9.87. The summed E-state index contributed by atoms with van der Waals surface area (Å²) in [6, 6.07) is 27.9. The monoisotopic (exact) mass is 760 g/mol. The Labute approximate surface area is 343 Å². The van der Waals surface area contributed by atoms with Crippen molar-refractivity contribution in [3.8, 4) is 39.6 Å². The molecule has 4 aromatic heterocycles. The van der Waals surface area contributed by atoms with Crippen molar-refractivity contribution in [2.45, 2.75) is 106 Å². The van der Waals surface area contributed by atoms with E-state index in [1.165, 1.54) is 0 Å². The maximum absolute atomic E-state index is 9.74. The molecule has 4 heterocycles. The fraction of sp³-hybridized carbons (Fsp3) is 0.340. The molecule has 0 atom stereocenters.